The molecule has 0 fully saturated rings. The van der Waals surface area contributed by atoms with E-state index in [4.69, 9.17) is 21.7 Å². The molecule has 0 spiro atoms. The van der Waals surface area contributed by atoms with Crippen LogP contribution in [0, 0.1) is 5.41 Å². The van der Waals surface area contributed by atoms with Gasteiger partial charge in [-0.3, -0.25) is 4.79 Å². The van der Waals surface area contributed by atoms with Gasteiger partial charge in [-0.25, -0.2) is 9.48 Å². The second kappa shape index (κ2) is 7.56. The summed E-state index contributed by atoms with van der Waals surface area (Å²) in [5.74, 6) is -2.37. The predicted octanol–water partition coefficient (Wildman–Crippen LogP) is 1.49. The van der Waals surface area contributed by atoms with Gasteiger partial charge in [-0.1, -0.05) is 18.2 Å². The third-order valence-electron chi connectivity index (χ3n) is 4.05. The Labute approximate surface area is 150 Å². The molecule has 1 aliphatic carbocycles. The summed E-state index contributed by atoms with van der Waals surface area (Å²) in [6.45, 7) is 1.35. The average molecular weight is 356 g/mol. The van der Waals surface area contributed by atoms with E-state index in [9.17, 15) is 9.59 Å². The van der Waals surface area contributed by atoms with Crippen molar-refractivity contribution in [2.24, 2.45) is 16.9 Å². The molecule has 1 aliphatic rings. The van der Waals surface area contributed by atoms with Gasteiger partial charge in [0.25, 0.3) is 0 Å². The summed E-state index contributed by atoms with van der Waals surface area (Å²) >= 11 is 0. The molecule has 6 N–H and O–H groups in total. The van der Waals surface area contributed by atoms with Crippen LogP contribution >= 0.6 is 0 Å². The first-order chi connectivity index (χ1) is 12.3. The third-order valence-corrected chi connectivity index (χ3v) is 4.05. The minimum absolute atomic E-state index is 0.000000000000000222. The summed E-state index contributed by atoms with van der Waals surface area (Å²) in [6.07, 6.45) is 4.73. The Morgan fingerprint density at radius 3 is 2.31 bits per heavy atom. The molecule has 136 valence electrons. The standard InChI is InChI=1S/C9H12N2O4.C9H8N2/c1-9(8(14)15)3-4(7(12)13)2-5(10)6(9)11;1-2-5-9(6-3-1)11-8-4-7-10-11/h2H,3,10-11H2,1H3,(H,12,13)(H,14,15);1-8H. The summed E-state index contributed by atoms with van der Waals surface area (Å²) in [7, 11) is 0. The normalized spacial score (nSPS) is 19.2. The molecule has 8 nitrogen and oxygen atoms in total. The van der Waals surface area contributed by atoms with Crippen LogP contribution < -0.4 is 11.5 Å². The van der Waals surface area contributed by atoms with E-state index in [1.807, 2.05) is 47.3 Å². The third kappa shape index (κ3) is 3.92. The molecule has 8 heteroatoms. The fourth-order valence-electron chi connectivity index (χ4n) is 2.44. The fraction of sp³-hybridized carbons (Fsp3) is 0.167. The molecule has 0 amide bonds. The van der Waals surface area contributed by atoms with E-state index in [0.717, 1.165) is 5.69 Å². The van der Waals surface area contributed by atoms with Crippen molar-refractivity contribution in [3.05, 3.63) is 71.8 Å². The average Bonchev–Trinajstić information content (AvgIpc) is 3.15. The summed E-state index contributed by atoms with van der Waals surface area (Å²) in [6, 6.07) is 11.9. The van der Waals surface area contributed by atoms with Crippen LogP contribution in [-0.4, -0.2) is 31.9 Å². The second-order valence-electron chi connectivity index (χ2n) is 5.94. The Morgan fingerprint density at radius 2 is 1.81 bits per heavy atom. The highest BCUT2D eigenvalue weighted by Gasteiger charge is 2.41. The SMILES string of the molecule is CC1(C(=O)O)CC(C(=O)O)=CC(N)=C1N.c1ccc(-n2cccn2)cc1. The lowest BCUT2D eigenvalue weighted by Gasteiger charge is -2.29. The lowest BCUT2D eigenvalue weighted by atomic mass is 9.76. The van der Waals surface area contributed by atoms with Gasteiger partial charge in [-0.15, -0.1) is 0 Å². The lowest BCUT2D eigenvalue weighted by Crippen LogP contribution is -2.39. The van der Waals surface area contributed by atoms with Gasteiger partial charge in [0.1, 0.15) is 5.41 Å². The Balaban J connectivity index is 0.000000195. The van der Waals surface area contributed by atoms with Crippen molar-refractivity contribution in [1.29, 1.82) is 0 Å². The van der Waals surface area contributed by atoms with Crippen LogP contribution in [0.3, 0.4) is 0 Å². The van der Waals surface area contributed by atoms with Crippen LogP contribution in [0.5, 0.6) is 0 Å². The number of benzene rings is 1. The molecule has 26 heavy (non-hydrogen) atoms. The molecule has 3 rings (SSSR count). The van der Waals surface area contributed by atoms with Crippen molar-refractivity contribution in [3.63, 3.8) is 0 Å². The first-order valence-corrected chi connectivity index (χ1v) is 7.73. The topological polar surface area (TPSA) is 144 Å². The Hall–Kier alpha value is -3.55. The summed E-state index contributed by atoms with van der Waals surface area (Å²) < 4.78 is 1.83. The number of hydrogen-bond acceptors (Lipinski definition) is 5. The van der Waals surface area contributed by atoms with E-state index in [2.05, 4.69) is 5.10 Å². The summed E-state index contributed by atoms with van der Waals surface area (Å²) in [4.78, 5) is 21.7. The van der Waals surface area contributed by atoms with Crippen molar-refractivity contribution in [3.8, 4) is 5.69 Å². The van der Waals surface area contributed by atoms with Crippen LogP contribution in [0.4, 0.5) is 0 Å². The van der Waals surface area contributed by atoms with E-state index < -0.39 is 17.4 Å². The van der Waals surface area contributed by atoms with Crippen LogP contribution in [0.2, 0.25) is 0 Å². The minimum atomic E-state index is -1.44. The van der Waals surface area contributed by atoms with Gasteiger partial charge in [-0.2, -0.15) is 5.10 Å². The quantitative estimate of drug-likeness (QED) is 0.652. The van der Waals surface area contributed by atoms with Crippen molar-refractivity contribution in [2.75, 3.05) is 0 Å². The van der Waals surface area contributed by atoms with Crippen molar-refractivity contribution in [1.82, 2.24) is 9.78 Å². The highest BCUT2D eigenvalue weighted by Crippen LogP contribution is 2.36. The van der Waals surface area contributed by atoms with Crippen LogP contribution in [0.25, 0.3) is 5.69 Å². The number of aromatic nitrogens is 2. The zero-order chi connectivity index (χ0) is 19.3. The monoisotopic (exact) mass is 356 g/mol. The number of nitrogens with zero attached hydrogens (tertiary/aromatic N) is 2. The number of carboxylic acid groups (broad SMARTS) is 2. The summed E-state index contributed by atoms with van der Waals surface area (Å²) in [5, 5.41) is 21.9. The van der Waals surface area contributed by atoms with Crippen LogP contribution in [0.15, 0.2) is 71.8 Å². The number of carboxylic acids is 2. The largest absolute Gasteiger partial charge is 0.481 e. The first kappa shape index (κ1) is 18.8. The lowest BCUT2D eigenvalue weighted by molar-refractivity contribution is -0.146. The number of aliphatic carboxylic acids is 2. The molecule has 1 aromatic heterocycles. The van der Waals surface area contributed by atoms with Crippen LogP contribution in [-0.2, 0) is 9.59 Å². The second-order valence-corrected chi connectivity index (χ2v) is 5.94. The molecule has 0 aliphatic heterocycles. The van der Waals surface area contributed by atoms with E-state index in [-0.39, 0.29) is 23.4 Å². The molecule has 0 saturated heterocycles. The van der Waals surface area contributed by atoms with Gasteiger partial charge in [0, 0.05) is 30.1 Å². The van der Waals surface area contributed by atoms with E-state index in [1.54, 1.807) is 6.20 Å². The Bertz CT molecular complexity index is 857. The molecule has 0 saturated carbocycles. The van der Waals surface area contributed by atoms with Crippen molar-refractivity contribution in [2.45, 2.75) is 13.3 Å². The van der Waals surface area contributed by atoms with E-state index >= 15 is 0 Å². The van der Waals surface area contributed by atoms with Gasteiger partial charge in [0.05, 0.1) is 11.4 Å². The van der Waals surface area contributed by atoms with Crippen molar-refractivity contribution >= 4 is 11.9 Å². The molecular formula is C18H20N4O4. The minimum Gasteiger partial charge on any atom is -0.481 e. The number of hydrogen-bond donors (Lipinski definition) is 4. The first-order valence-electron chi connectivity index (χ1n) is 7.73. The predicted molar refractivity (Wildman–Crippen MR) is 95.0 cm³/mol. The fourth-order valence-corrected chi connectivity index (χ4v) is 2.44. The Kier molecular flexibility index (Phi) is 5.46. The Morgan fingerprint density at radius 1 is 1.15 bits per heavy atom. The molecule has 1 unspecified atom stereocenters. The molecule has 1 atom stereocenters. The number of carbonyl (C=O) groups is 2. The maximum absolute atomic E-state index is 11.0. The number of nitrogens with two attached hydrogens (primary N) is 2. The van der Waals surface area contributed by atoms with Crippen LogP contribution in [0.1, 0.15) is 13.3 Å². The molecule has 1 heterocycles. The molecular weight excluding hydrogens is 336 g/mol. The molecule has 2 aromatic rings. The number of para-hydroxylation sites is 1. The van der Waals surface area contributed by atoms with Gasteiger partial charge in [0.15, 0.2) is 0 Å². The van der Waals surface area contributed by atoms with Crippen molar-refractivity contribution < 1.29 is 19.8 Å². The van der Waals surface area contributed by atoms with E-state index in [0.29, 0.717) is 0 Å². The van der Waals surface area contributed by atoms with Gasteiger partial charge < -0.3 is 21.7 Å². The molecule has 1 aromatic carbocycles. The highest BCUT2D eigenvalue weighted by atomic mass is 16.4. The number of rotatable bonds is 3. The maximum atomic E-state index is 11.0. The zero-order valence-electron chi connectivity index (χ0n) is 14.2. The van der Waals surface area contributed by atoms with Gasteiger partial charge in [0.2, 0.25) is 0 Å². The smallest absolute Gasteiger partial charge is 0.331 e. The molecule has 0 bridgehead atoms. The molecule has 0 radical (unpaired) electrons. The number of allylic oxidation sites excluding steroid dienone is 1. The van der Waals surface area contributed by atoms with Gasteiger partial charge in [-0.05, 0) is 31.2 Å². The van der Waals surface area contributed by atoms with E-state index in [1.165, 1.54) is 13.0 Å². The van der Waals surface area contributed by atoms with Gasteiger partial charge >= 0.3 is 11.9 Å². The zero-order valence-corrected chi connectivity index (χ0v) is 14.2. The highest BCUT2D eigenvalue weighted by molar-refractivity contribution is 5.91. The summed E-state index contributed by atoms with van der Waals surface area (Å²) in [5.41, 5.74) is 10.6. The maximum Gasteiger partial charge on any atom is 0.331 e.